The molecule has 22 heavy (non-hydrogen) atoms. The Morgan fingerprint density at radius 2 is 1.45 bits per heavy atom. The Labute approximate surface area is 133 Å². The highest BCUT2D eigenvalue weighted by Crippen LogP contribution is 2.32. The summed E-state index contributed by atoms with van der Waals surface area (Å²) in [4.78, 5) is 0. The third-order valence-corrected chi connectivity index (χ3v) is 4.00. The van der Waals surface area contributed by atoms with Gasteiger partial charge in [0.2, 0.25) is 0 Å². The van der Waals surface area contributed by atoms with E-state index in [0.29, 0.717) is 5.92 Å². The zero-order chi connectivity index (χ0) is 16.1. The average molecular weight is 299 g/mol. The van der Waals surface area contributed by atoms with Crippen LogP contribution in [0.15, 0.2) is 42.5 Å². The van der Waals surface area contributed by atoms with Gasteiger partial charge in [-0.2, -0.15) is 0 Å². The second kappa shape index (κ2) is 7.32. The highest BCUT2D eigenvalue weighted by atomic mass is 16.5. The van der Waals surface area contributed by atoms with E-state index >= 15 is 0 Å². The topological polar surface area (TPSA) is 44.5 Å². The van der Waals surface area contributed by atoms with Crippen molar-refractivity contribution < 1.29 is 9.47 Å². The molecule has 118 valence electrons. The van der Waals surface area contributed by atoms with E-state index in [1.54, 1.807) is 14.2 Å². The Bertz CT molecular complexity index is 605. The number of benzene rings is 2. The maximum absolute atomic E-state index is 6.14. The summed E-state index contributed by atoms with van der Waals surface area (Å²) in [6, 6.07) is 14.7. The van der Waals surface area contributed by atoms with Crippen LogP contribution >= 0.6 is 0 Å². The highest BCUT2D eigenvalue weighted by molar-refractivity contribution is 5.67. The van der Waals surface area contributed by atoms with E-state index in [1.807, 2.05) is 18.2 Å². The minimum absolute atomic E-state index is 0.201. The first-order chi connectivity index (χ1) is 10.5. The van der Waals surface area contributed by atoms with Gasteiger partial charge >= 0.3 is 0 Å². The minimum atomic E-state index is 0.201. The van der Waals surface area contributed by atoms with Crippen molar-refractivity contribution in [2.45, 2.75) is 26.3 Å². The summed E-state index contributed by atoms with van der Waals surface area (Å²) in [5, 5.41) is 0. The van der Waals surface area contributed by atoms with E-state index in [4.69, 9.17) is 15.2 Å². The lowest BCUT2D eigenvalue weighted by Crippen LogP contribution is -2.28. The zero-order valence-electron chi connectivity index (χ0n) is 13.8. The van der Waals surface area contributed by atoms with E-state index in [9.17, 15) is 0 Å². The molecule has 2 aromatic carbocycles. The molecule has 0 fully saturated rings. The van der Waals surface area contributed by atoms with Gasteiger partial charge < -0.3 is 15.2 Å². The van der Waals surface area contributed by atoms with Crippen molar-refractivity contribution in [3.8, 4) is 22.6 Å². The van der Waals surface area contributed by atoms with Gasteiger partial charge in [-0.25, -0.2) is 0 Å². The monoisotopic (exact) mass is 299 g/mol. The highest BCUT2D eigenvalue weighted by Gasteiger charge is 2.09. The number of rotatable bonds is 6. The van der Waals surface area contributed by atoms with Crippen molar-refractivity contribution in [3.63, 3.8) is 0 Å². The Balaban J connectivity index is 2.20. The molecular formula is C19H25NO2. The van der Waals surface area contributed by atoms with Crippen molar-refractivity contribution in [2.75, 3.05) is 14.2 Å². The van der Waals surface area contributed by atoms with Gasteiger partial charge in [-0.15, -0.1) is 0 Å². The molecule has 0 heterocycles. The molecule has 0 saturated heterocycles. The van der Waals surface area contributed by atoms with Gasteiger partial charge in [0.15, 0.2) is 11.5 Å². The number of hydrogen-bond donors (Lipinski definition) is 1. The molecule has 1 atom stereocenters. The second-order valence-electron chi connectivity index (χ2n) is 5.88. The van der Waals surface area contributed by atoms with Crippen molar-refractivity contribution in [1.82, 2.24) is 0 Å². The average Bonchev–Trinajstić information content (AvgIpc) is 2.54. The summed E-state index contributed by atoms with van der Waals surface area (Å²) in [7, 11) is 3.29. The first-order valence-corrected chi connectivity index (χ1v) is 7.62. The molecule has 0 aromatic heterocycles. The fourth-order valence-corrected chi connectivity index (χ4v) is 2.36. The summed E-state index contributed by atoms with van der Waals surface area (Å²) < 4.78 is 10.6. The van der Waals surface area contributed by atoms with Gasteiger partial charge in [0.05, 0.1) is 14.2 Å². The van der Waals surface area contributed by atoms with E-state index in [0.717, 1.165) is 29.0 Å². The summed E-state index contributed by atoms with van der Waals surface area (Å²) in [5.41, 5.74) is 9.67. The molecular weight excluding hydrogens is 274 g/mol. The molecule has 0 saturated carbocycles. The van der Waals surface area contributed by atoms with Gasteiger partial charge in [-0.05, 0) is 41.2 Å². The SMILES string of the molecule is COc1ccc(-c2ccc(CC(N)C(C)C)cc2)cc1OC. The normalized spacial score (nSPS) is 12.3. The Hall–Kier alpha value is -2.00. The Morgan fingerprint density at radius 3 is 2.00 bits per heavy atom. The molecule has 0 aliphatic rings. The molecule has 0 amide bonds. The van der Waals surface area contributed by atoms with Crippen LogP contribution in [-0.4, -0.2) is 20.3 Å². The molecule has 2 N–H and O–H groups in total. The molecule has 2 aromatic rings. The van der Waals surface area contributed by atoms with Gasteiger partial charge in [0.1, 0.15) is 0 Å². The van der Waals surface area contributed by atoms with Crippen LogP contribution in [0.25, 0.3) is 11.1 Å². The van der Waals surface area contributed by atoms with Crippen LogP contribution in [0.2, 0.25) is 0 Å². The van der Waals surface area contributed by atoms with Crippen molar-refractivity contribution >= 4 is 0 Å². The molecule has 0 aliphatic heterocycles. The van der Waals surface area contributed by atoms with Crippen LogP contribution in [0.3, 0.4) is 0 Å². The molecule has 0 radical (unpaired) electrons. The Morgan fingerprint density at radius 1 is 0.864 bits per heavy atom. The van der Waals surface area contributed by atoms with Crippen LogP contribution in [-0.2, 0) is 6.42 Å². The number of ether oxygens (including phenoxy) is 2. The van der Waals surface area contributed by atoms with E-state index in [2.05, 4.69) is 38.1 Å². The maximum Gasteiger partial charge on any atom is 0.161 e. The van der Waals surface area contributed by atoms with E-state index < -0.39 is 0 Å². The lowest BCUT2D eigenvalue weighted by Gasteiger charge is -2.15. The third kappa shape index (κ3) is 3.80. The molecule has 3 heteroatoms. The van der Waals surface area contributed by atoms with E-state index in [-0.39, 0.29) is 6.04 Å². The lowest BCUT2D eigenvalue weighted by atomic mass is 9.96. The third-order valence-electron chi connectivity index (χ3n) is 4.00. The first kappa shape index (κ1) is 16.4. The predicted octanol–water partition coefficient (Wildman–Crippen LogP) is 3.90. The molecule has 1 unspecified atom stereocenters. The molecule has 0 aliphatic carbocycles. The summed E-state index contributed by atoms with van der Waals surface area (Å²) in [6.07, 6.45) is 0.907. The number of methoxy groups -OCH3 is 2. The van der Waals surface area contributed by atoms with Crippen LogP contribution in [0.4, 0.5) is 0 Å². The van der Waals surface area contributed by atoms with Gasteiger partial charge in [-0.1, -0.05) is 44.2 Å². The second-order valence-corrected chi connectivity index (χ2v) is 5.88. The van der Waals surface area contributed by atoms with E-state index in [1.165, 1.54) is 5.56 Å². The lowest BCUT2D eigenvalue weighted by molar-refractivity contribution is 0.355. The molecule has 0 spiro atoms. The van der Waals surface area contributed by atoms with Crippen LogP contribution in [0, 0.1) is 5.92 Å². The van der Waals surface area contributed by atoms with Crippen LogP contribution < -0.4 is 15.2 Å². The van der Waals surface area contributed by atoms with Crippen molar-refractivity contribution in [1.29, 1.82) is 0 Å². The van der Waals surface area contributed by atoms with Crippen LogP contribution in [0.5, 0.6) is 11.5 Å². The summed E-state index contributed by atoms with van der Waals surface area (Å²) in [5.74, 6) is 1.97. The molecule has 2 rings (SSSR count). The standard InChI is InChI=1S/C19H25NO2/c1-13(2)17(20)11-14-5-7-15(8-6-14)16-9-10-18(21-3)19(12-16)22-4/h5-10,12-13,17H,11,20H2,1-4H3. The zero-order valence-corrected chi connectivity index (χ0v) is 13.8. The fraction of sp³-hybridized carbons (Fsp3) is 0.368. The Kier molecular flexibility index (Phi) is 5.45. The summed E-state index contributed by atoms with van der Waals surface area (Å²) >= 11 is 0. The predicted molar refractivity (Wildman–Crippen MR) is 91.5 cm³/mol. The van der Waals surface area contributed by atoms with Gasteiger partial charge in [0, 0.05) is 6.04 Å². The number of hydrogen-bond acceptors (Lipinski definition) is 3. The molecule has 3 nitrogen and oxygen atoms in total. The minimum Gasteiger partial charge on any atom is -0.493 e. The largest absolute Gasteiger partial charge is 0.493 e. The molecule has 0 bridgehead atoms. The smallest absolute Gasteiger partial charge is 0.161 e. The van der Waals surface area contributed by atoms with Crippen molar-refractivity contribution in [3.05, 3.63) is 48.0 Å². The van der Waals surface area contributed by atoms with Crippen molar-refractivity contribution in [2.24, 2.45) is 11.7 Å². The maximum atomic E-state index is 6.14. The van der Waals surface area contributed by atoms with Gasteiger partial charge in [-0.3, -0.25) is 0 Å². The fourth-order valence-electron chi connectivity index (χ4n) is 2.36. The van der Waals surface area contributed by atoms with Gasteiger partial charge in [0.25, 0.3) is 0 Å². The van der Waals surface area contributed by atoms with Crippen LogP contribution in [0.1, 0.15) is 19.4 Å². The summed E-state index contributed by atoms with van der Waals surface area (Å²) in [6.45, 7) is 4.31. The quantitative estimate of drug-likeness (QED) is 0.880. The first-order valence-electron chi connectivity index (χ1n) is 7.62. The number of nitrogens with two attached hydrogens (primary N) is 1.